The number of carboxylic acids is 1. The van der Waals surface area contributed by atoms with Crippen LogP contribution in [0.25, 0.3) is 0 Å². The molecule has 0 saturated heterocycles. The number of carbonyl (C=O) groups is 1. The average Bonchev–Trinajstić information content (AvgIpc) is 2.98. The molecule has 0 radical (unpaired) electrons. The molecule has 2 N–H and O–H groups in total. The van der Waals surface area contributed by atoms with Gasteiger partial charge in [-0.1, -0.05) is 13.3 Å². The van der Waals surface area contributed by atoms with Crippen molar-refractivity contribution < 1.29 is 9.90 Å². The van der Waals surface area contributed by atoms with Gasteiger partial charge in [0.25, 0.3) is 0 Å². The minimum absolute atomic E-state index is 0.186. The lowest BCUT2D eigenvalue weighted by Gasteiger charge is -2.32. The number of nitrogens with zero attached hydrogens (tertiary/aromatic N) is 2. The number of hydrogen-bond acceptors (Lipinski definition) is 3. The molecule has 0 bridgehead atoms. The van der Waals surface area contributed by atoms with E-state index < -0.39 is 11.5 Å². The molecule has 5 nitrogen and oxygen atoms in total. The number of nitrogens with one attached hydrogen (secondary N) is 1. The van der Waals surface area contributed by atoms with Crippen LogP contribution in [0.5, 0.6) is 0 Å². The number of aromatic nitrogens is 2. The predicted molar refractivity (Wildman–Crippen MR) is 82.3 cm³/mol. The van der Waals surface area contributed by atoms with Gasteiger partial charge in [-0.25, -0.2) is 0 Å². The van der Waals surface area contributed by atoms with E-state index in [1.807, 2.05) is 11.6 Å². The number of rotatable bonds is 7. The Bertz CT molecular complexity index is 498. The van der Waals surface area contributed by atoms with Crippen LogP contribution in [0.3, 0.4) is 0 Å². The first-order valence-corrected chi connectivity index (χ1v) is 7.99. The Morgan fingerprint density at radius 1 is 1.57 bits per heavy atom. The lowest BCUT2D eigenvalue weighted by Crippen LogP contribution is -2.55. The van der Waals surface area contributed by atoms with Gasteiger partial charge >= 0.3 is 5.97 Å². The summed E-state index contributed by atoms with van der Waals surface area (Å²) in [5.41, 5.74) is 1.44. The summed E-state index contributed by atoms with van der Waals surface area (Å²) in [7, 11) is 0. The van der Waals surface area contributed by atoms with Crippen LogP contribution in [-0.2, 0) is 11.3 Å². The number of hydrogen-bond donors (Lipinski definition) is 2. The standard InChI is InChI=1S/C16H27N3O2/c1-4-9-17-16(15(20)21)8-5-6-14(16)7-10-19-13(3)11-12(2)18-19/h11,14,17H,4-10H2,1-3H3,(H,20,21). The van der Waals surface area contributed by atoms with Crippen molar-refractivity contribution in [2.45, 2.75) is 65.0 Å². The van der Waals surface area contributed by atoms with Gasteiger partial charge in [-0.2, -0.15) is 5.10 Å². The zero-order valence-corrected chi connectivity index (χ0v) is 13.4. The van der Waals surface area contributed by atoms with Crippen molar-refractivity contribution >= 4 is 5.97 Å². The molecule has 2 rings (SSSR count). The number of aliphatic carboxylic acids is 1. The fourth-order valence-electron chi connectivity index (χ4n) is 3.59. The molecule has 0 aromatic carbocycles. The minimum atomic E-state index is -0.730. The second-order valence-electron chi connectivity index (χ2n) is 6.23. The first-order chi connectivity index (χ1) is 9.99. The Morgan fingerprint density at radius 2 is 2.33 bits per heavy atom. The zero-order valence-electron chi connectivity index (χ0n) is 13.4. The summed E-state index contributed by atoms with van der Waals surface area (Å²) >= 11 is 0. The molecule has 1 aliphatic rings. The monoisotopic (exact) mass is 293 g/mol. The van der Waals surface area contributed by atoms with Gasteiger partial charge in [0.15, 0.2) is 0 Å². The Hall–Kier alpha value is -1.36. The van der Waals surface area contributed by atoms with Gasteiger partial charge in [0.05, 0.1) is 5.69 Å². The highest BCUT2D eigenvalue weighted by atomic mass is 16.4. The van der Waals surface area contributed by atoms with Gasteiger partial charge in [0.1, 0.15) is 5.54 Å². The van der Waals surface area contributed by atoms with E-state index >= 15 is 0 Å². The topological polar surface area (TPSA) is 67.2 Å². The molecule has 1 aromatic rings. The van der Waals surface area contributed by atoms with Crippen LogP contribution in [0, 0.1) is 19.8 Å². The maximum Gasteiger partial charge on any atom is 0.324 e. The van der Waals surface area contributed by atoms with E-state index in [1.54, 1.807) is 0 Å². The Labute approximate surface area is 126 Å². The third-order valence-corrected chi connectivity index (χ3v) is 4.69. The van der Waals surface area contributed by atoms with Crippen molar-refractivity contribution in [3.8, 4) is 0 Å². The molecule has 1 aliphatic carbocycles. The fraction of sp³-hybridized carbons (Fsp3) is 0.750. The third kappa shape index (κ3) is 3.28. The van der Waals surface area contributed by atoms with Gasteiger partial charge in [-0.05, 0) is 58.1 Å². The molecule has 0 spiro atoms. The molecule has 2 unspecified atom stereocenters. The van der Waals surface area contributed by atoms with Gasteiger partial charge in [-0.15, -0.1) is 0 Å². The van der Waals surface area contributed by atoms with Crippen LogP contribution in [0.15, 0.2) is 6.07 Å². The molecule has 1 saturated carbocycles. The second-order valence-corrected chi connectivity index (χ2v) is 6.23. The fourth-order valence-corrected chi connectivity index (χ4v) is 3.59. The summed E-state index contributed by atoms with van der Waals surface area (Å²) < 4.78 is 2.00. The molecule has 0 amide bonds. The molecule has 1 fully saturated rings. The highest BCUT2D eigenvalue weighted by Crippen LogP contribution is 2.38. The number of carboxylic acid groups (broad SMARTS) is 1. The second kappa shape index (κ2) is 6.60. The van der Waals surface area contributed by atoms with Crippen molar-refractivity contribution in [2.75, 3.05) is 6.54 Å². The van der Waals surface area contributed by atoms with Crippen molar-refractivity contribution in [3.63, 3.8) is 0 Å². The van der Waals surface area contributed by atoms with Gasteiger partial charge in [-0.3, -0.25) is 9.48 Å². The van der Waals surface area contributed by atoms with Crippen molar-refractivity contribution in [2.24, 2.45) is 5.92 Å². The molecule has 1 aromatic heterocycles. The van der Waals surface area contributed by atoms with Gasteiger partial charge in [0, 0.05) is 12.2 Å². The smallest absolute Gasteiger partial charge is 0.324 e. The highest BCUT2D eigenvalue weighted by molar-refractivity contribution is 5.79. The molecule has 118 valence electrons. The van der Waals surface area contributed by atoms with Crippen LogP contribution >= 0.6 is 0 Å². The van der Waals surface area contributed by atoms with E-state index in [2.05, 4.69) is 30.3 Å². The minimum Gasteiger partial charge on any atom is -0.480 e. The molecule has 5 heteroatoms. The predicted octanol–water partition coefficient (Wildman–Crippen LogP) is 2.51. The summed E-state index contributed by atoms with van der Waals surface area (Å²) in [6, 6.07) is 2.06. The maximum absolute atomic E-state index is 11.8. The van der Waals surface area contributed by atoms with E-state index in [9.17, 15) is 9.90 Å². The zero-order chi connectivity index (χ0) is 15.5. The first kappa shape index (κ1) is 16.0. The lowest BCUT2D eigenvalue weighted by atomic mass is 9.84. The summed E-state index contributed by atoms with van der Waals surface area (Å²) in [6.07, 6.45) is 4.54. The summed E-state index contributed by atoms with van der Waals surface area (Å²) in [4.78, 5) is 11.8. The maximum atomic E-state index is 11.8. The average molecular weight is 293 g/mol. The van der Waals surface area contributed by atoms with Crippen LogP contribution in [0.1, 0.15) is 50.4 Å². The Balaban J connectivity index is 2.06. The van der Waals surface area contributed by atoms with Crippen molar-refractivity contribution in [3.05, 3.63) is 17.5 Å². The van der Waals surface area contributed by atoms with Crippen molar-refractivity contribution in [1.82, 2.24) is 15.1 Å². The Kier molecular flexibility index (Phi) is 5.04. The lowest BCUT2D eigenvalue weighted by molar-refractivity contribution is -0.146. The highest BCUT2D eigenvalue weighted by Gasteiger charge is 2.48. The van der Waals surface area contributed by atoms with E-state index in [4.69, 9.17) is 0 Å². The van der Waals surface area contributed by atoms with Crippen LogP contribution in [0.2, 0.25) is 0 Å². The molecule has 21 heavy (non-hydrogen) atoms. The van der Waals surface area contributed by atoms with E-state index in [1.165, 1.54) is 0 Å². The van der Waals surface area contributed by atoms with E-state index in [-0.39, 0.29) is 5.92 Å². The SMILES string of the molecule is CCCNC1(C(=O)O)CCCC1CCn1nc(C)cc1C. The third-order valence-electron chi connectivity index (χ3n) is 4.69. The molecular formula is C16H27N3O2. The van der Waals surface area contributed by atoms with Gasteiger partial charge < -0.3 is 10.4 Å². The van der Waals surface area contributed by atoms with Crippen molar-refractivity contribution in [1.29, 1.82) is 0 Å². The largest absolute Gasteiger partial charge is 0.480 e. The van der Waals surface area contributed by atoms with Crippen LogP contribution in [-0.4, -0.2) is 32.9 Å². The molecule has 0 aliphatic heterocycles. The van der Waals surface area contributed by atoms with Crippen LogP contribution < -0.4 is 5.32 Å². The molecule has 2 atom stereocenters. The quantitative estimate of drug-likeness (QED) is 0.810. The summed E-state index contributed by atoms with van der Waals surface area (Å²) in [5, 5.41) is 17.5. The summed E-state index contributed by atoms with van der Waals surface area (Å²) in [5.74, 6) is -0.503. The van der Waals surface area contributed by atoms with E-state index in [0.717, 1.165) is 56.6 Å². The molecule has 1 heterocycles. The van der Waals surface area contributed by atoms with E-state index in [0.29, 0.717) is 0 Å². The molecular weight excluding hydrogens is 266 g/mol. The Morgan fingerprint density at radius 3 is 2.90 bits per heavy atom. The summed E-state index contributed by atoms with van der Waals surface area (Å²) in [6.45, 7) is 7.68. The van der Waals surface area contributed by atoms with Crippen LogP contribution in [0.4, 0.5) is 0 Å². The number of aryl methyl sites for hydroxylation is 3. The normalized spacial score (nSPS) is 25.4. The first-order valence-electron chi connectivity index (χ1n) is 7.99. The van der Waals surface area contributed by atoms with Gasteiger partial charge in [0.2, 0.25) is 0 Å².